The Kier molecular flexibility index (Phi) is 5.81. The molecule has 1 aliphatic rings. The molecule has 1 N–H and O–H groups in total. The molecule has 1 aliphatic heterocycles. The number of carbonyl (C=O) groups excluding carboxylic acids is 1. The van der Waals surface area contributed by atoms with Crippen LogP contribution in [0.25, 0.3) is 0 Å². The summed E-state index contributed by atoms with van der Waals surface area (Å²) in [5.74, 6) is -0.254. The van der Waals surface area contributed by atoms with Gasteiger partial charge in [-0.1, -0.05) is 30.3 Å². The third-order valence-corrected chi connectivity index (χ3v) is 5.47. The van der Waals surface area contributed by atoms with E-state index in [4.69, 9.17) is 0 Å². The molecule has 1 aromatic heterocycles. The van der Waals surface area contributed by atoms with Gasteiger partial charge in [0.05, 0.1) is 11.0 Å². The van der Waals surface area contributed by atoms with Gasteiger partial charge in [-0.25, -0.2) is 0 Å². The van der Waals surface area contributed by atoms with Crippen molar-refractivity contribution in [3.63, 3.8) is 0 Å². The zero-order valence-corrected chi connectivity index (χ0v) is 16.4. The zero-order chi connectivity index (χ0) is 20.9. The molecule has 4 rings (SSSR count). The van der Waals surface area contributed by atoms with Gasteiger partial charge in [-0.15, -0.1) is 0 Å². The standard InChI is InChI=1S/C23H22N4O3/c28-23(18-7-9-21(10-8-18)27(29)30)25-15-22(19-6-3-12-24-14-19)26-13-11-17-4-1-2-5-20(17)16-26/h1-10,12,14,22H,11,13,15-16H2,(H,25,28)/t22-/m0/s1. The maximum Gasteiger partial charge on any atom is 0.269 e. The molecular weight excluding hydrogens is 380 g/mol. The second-order valence-electron chi connectivity index (χ2n) is 7.31. The highest BCUT2D eigenvalue weighted by molar-refractivity contribution is 5.94. The summed E-state index contributed by atoms with van der Waals surface area (Å²) in [7, 11) is 0. The van der Waals surface area contributed by atoms with Crippen LogP contribution in [-0.4, -0.2) is 33.8 Å². The molecule has 152 valence electrons. The molecule has 0 aliphatic carbocycles. The Labute approximate surface area is 174 Å². The number of hydrogen-bond acceptors (Lipinski definition) is 5. The van der Waals surface area contributed by atoms with Crippen LogP contribution in [-0.2, 0) is 13.0 Å². The highest BCUT2D eigenvalue weighted by Gasteiger charge is 2.25. The summed E-state index contributed by atoms with van der Waals surface area (Å²) in [6.45, 7) is 2.12. The highest BCUT2D eigenvalue weighted by Crippen LogP contribution is 2.27. The summed E-state index contributed by atoms with van der Waals surface area (Å²) in [5.41, 5.74) is 4.08. The monoisotopic (exact) mass is 402 g/mol. The number of pyridine rings is 1. The van der Waals surface area contributed by atoms with Crippen molar-refractivity contribution in [3.05, 3.63) is 105 Å². The molecule has 7 heteroatoms. The fourth-order valence-corrected chi connectivity index (χ4v) is 3.84. The second-order valence-corrected chi connectivity index (χ2v) is 7.31. The van der Waals surface area contributed by atoms with E-state index >= 15 is 0 Å². The molecule has 3 aromatic rings. The van der Waals surface area contributed by atoms with Crippen molar-refractivity contribution in [3.8, 4) is 0 Å². The Morgan fingerprint density at radius 2 is 1.87 bits per heavy atom. The number of fused-ring (bicyclic) bond motifs is 1. The number of rotatable bonds is 6. The van der Waals surface area contributed by atoms with Gasteiger partial charge in [-0.05, 0) is 41.3 Å². The van der Waals surface area contributed by atoms with Crippen molar-refractivity contribution in [2.24, 2.45) is 0 Å². The molecule has 0 fully saturated rings. The number of hydrogen-bond donors (Lipinski definition) is 1. The summed E-state index contributed by atoms with van der Waals surface area (Å²) in [6.07, 6.45) is 4.54. The van der Waals surface area contributed by atoms with Crippen LogP contribution in [0, 0.1) is 10.1 Å². The van der Waals surface area contributed by atoms with Crippen molar-refractivity contribution in [1.82, 2.24) is 15.2 Å². The molecule has 7 nitrogen and oxygen atoms in total. The van der Waals surface area contributed by atoms with E-state index in [2.05, 4.69) is 39.5 Å². The predicted molar refractivity (Wildman–Crippen MR) is 113 cm³/mol. The van der Waals surface area contributed by atoms with Crippen molar-refractivity contribution in [2.45, 2.75) is 19.0 Å². The Morgan fingerprint density at radius 3 is 2.57 bits per heavy atom. The minimum absolute atomic E-state index is 0.0194. The van der Waals surface area contributed by atoms with Crippen LogP contribution in [0.3, 0.4) is 0 Å². The van der Waals surface area contributed by atoms with Gasteiger partial charge in [-0.3, -0.25) is 24.8 Å². The largest absolute Gasteiger partial charge is 0.350 e. The van der Waals surface area contributed by atoms with E-state index in [-0.39, 0.29) is 17.6 Å². The summed E-state index contributed by atoms with van der Waals surface area (Å²) >= 11 is 0. The van der Waals surface area contributed by atoms with E-state index in [0.717, 1.165) is 25.1 Å². The second kappa shape index (κ2) is 8.84. The Hall–Kier alpha value is -3.58. The van der Waals surface area contributed by atoms with Crippen LogP contribution >= 0.6 is 0 Å². The van der Waals surface area contributed by atoms with Crippen LogP contribution in [0.15, 0.2) is 73.1 Å². The first-order chi connectivity index (χ1) is 14.6. The molecule has 0 unspecified atom stereocenters. The number of carbonyl (C=O) groups is 1. The molecule has 0 saturated heterocycles. The van der Waals surface area contributed by atoms with Crippen molar-refractivity contribution in [2.75, 3.05) is 13.1 Å². The molecule has 0 bridgehead atoms. The maximum atomic E-state index is 12.6. The zero-order valence-electron chi connectivity index (χ0n) is 16.4. The number of nitro benzene ring substituents is 1. The molecule has 2 aromatic carbocycles. The molecule has 0 radical (unpaired) electrons. The average Bonchev–Trinajstić information content (AvgIpc) is 2.79. The number of non-ortho nitro benzene ring substituents is 1. The SMILES string of the molecule is O=C(NC[C@@H](c1cccnc1)N1CCc2ccccc2C1)c1ccc([N+](=O)[O-])cc1. The lowest BCUT2D eigenvalue weighted by Crippen LogP contribution is -2.40. The Morgan fingerprint density at radius 1 is 1.10 bits per heavy atom. The van der Waals surface area contributed by atoms with Crippen LogP contribution in [0.1, 0.15) is 33.1 Å². The van der Waals surface area contributed by atoms with Gasteiger partial charge in [0.25, 0.3) is 11.6 Å². The molecule has 2 heterocycles. The molecule has 0 saturated carbocycles. The van der Waals surface area contributed by atoms with Crippen LogP contribution < -0.4 is 5.32 Å². The lowest BCUT2D eigenvalue weighted by molar-refractivity contribution is -0.384. The highest BCUT2D eigenvalue weighted by atomic mass is 16.6. The van der Waals surface area contributed by atoms with E-state index in [1.54, 1.807) is 6.20 Å². The molecular formula is C23H22N4O3. The molecule has 1 atom stereocenters. The first-order valence-electron chi connectivity index (χ1n) is 9.85. The fourth-order valence-electron chi connectivity index (χ4n) is 3.84. The lowest BCUT2D eigenvalue weighted by Gasteiger charge is -2.36. The number of amides is 1. The lowest BCUT2D eigenvalue weighted by atomic mass is 9.97. The van der Waals surface area contributed by atoms with Gasteiger partial charge >= 0.3 is 0 Å². The Balaban J connectivity index is 1.50. The third-order valence-electron chi connectivity index (χ3n) is 5.47. The Bertz CT molecular complexity index is 1040. The smallest absolute Gasteiger partial charge is 0.269 e. The first-order valence-corrected chi connectivity index (χ1v) is 9.85. The van der Waals surface area contributed by atoms with E-state index in [1.807, 2.05) is 18.3 Å². The summed E-state index contributed by atoms with van der Waals surface area (Å²) in [4.78, 5) is 29.6. The first kappa shape index (κ1) is 19.7. The predicted octanol–water partition coefficient (Wildman–Crippen LogP) is 3.52. The quantitative estimate of drug-likeness (QED) is 0.503. The van der Waals surface area contributed by atoms with E-state index in [9.17, 15) is 14.9 Å². The molecule has 30 heavy (non-hydrogen) atoms. The van der Waals surface area contributed by atoms with Crippen LogP contribution in [0.4, 0.5) is 5.69 Å². The fraction of sp³-hybridized carbons (Fsp3) is 0.217. The number of aromatic nitrogens is 1. The minimum atomic E-state index is -0.478. The third kappa shape index (κ3) is 4.36. The summed E-state index contributed by atoms with van der Waals surface area (Å²) in [5, 5.41) is 13.8. The summed E-state index contributed by atoms with van der Waals surface area (Å²) < 4.78 is 0. The van der Waals surface area contributed by atoms with Gasteiger partial charge < -0.3 is 5.32 Å². The van der Waals surface area contributed by atoms with Crippen LogP contribution in [0.5, 0.6) is 0 Å². The summed E-state index contributed by atoms with van der Waals surface area (Å²) in [6, 6.07) is 18.0. The van der Waals surface area contributed by atoms with E-state index < -0.39 is 4.92 Å². The van der Waals surface area contributed by atoms with Crippen molar-refractivity contribution < 1.29 is 9.72 Å². The average molecular weight is 402 g/mol. The minimum Gasteiger partial charge on any atom is -0.350 e. The van der Waals surface area contributed by atoms with Gasteiger partial charge in [0.1, 0.15) is 0 Å². The topological polar surface area (TPSA) is 88.4 Å². The number of nitro groups is 1. The van der Waals surface area contributed by atoms with Crippen molar-refractivity contribution >= 4 is 11.6 Å². The number of nitrogens with zero attached hydrogens (tertiary/aromatic N) is 3. The number of benzene rings is 2. The molecule has 1 amide bonds. The molecule has 0 spiro atoms. The van der Waals surface area contributed by atoms with Gasteiger partial charge in [0, 0.05) is 49.7 Å². The van der Waals surface area contributed by atoms with E-state index in [1.165, 1.54) is 35.4 Å². The van der Waals surface area contributed by atoms with Gasteiger partial charge in [-0.2, -0.15) is 0 Å². The maximum absolute atomic E-state index is 12.6. The normalized spacial score (nSPS) is 14.5. The van der Waals surface area contributed by atoms with Gasteiger partial charge in [0.2, 0.25) is 0 Å². The van der Waals surface area contributed by atoms with E-state index in [0.29, 0.717) is 12.1 Å². The van der Waals surface area contributed by atoms with Gasteiger partial charge in [0.15, 0.2) is 0 Å². The number of nitrogens with one attached hydrogen (secondary N) is 1. The van der Waals surface area contributed by atoms with Crippen LogP contribution in [0.2, 0.25) is 0 Å². The van der Waals surface area contributed by atoms with Crippen molar-refractivity contribution in [1.29, 1.82) is 0 Å².